The third-order valence-electron chi connectivity index (χ3n) is 5.57. The number of piperidine rings is 1. The fourth-order valence-corrected chi connectivity index (χ4v) is 5.79. The second kappa shape index (κ2) is 9.32. The Hall–Kier alpha value is -2.51. The summed E-state index contributed by atoms with van der Waals surface area (Å²) in [6, 6.07) is 11.3. The van der Waals surface area contributed by atoms with Gasteiger partial charge in [0, 0.05) is 18.7 Å². The number of hydrogen-bond acceptors (Lipinski definition) is 5. The molecule has 31 heavy (non-hydrogen) atoms. The van der Waals surface area contributed by atoms with Crippen LogP contribution in [0.15, 0.2) is 47.4 Å². The van der Waals surface area contributed by atoms with Crippen LogP contribution in [0.5, 0.6) is 0 Å². The first kappa shape index (κ1) is 23.2. The summed E-state index contributed by atoms with van der Waals surface area (Å²) in [5, 5.41) is 0. The van der Waals surface area contributed by atoms with Crippen LogP contribution in [0, 0.1) is 25.7 Å². The highest BCUT2D eigenvalue weighted by atomic mass is 32.2. The summed E-state index contributed by atoms with van der Waals surface area (Å²) in [5.74, 6) is -0.462. The average molecular weight is 444 g/mol. The van der Waals surface area contributed by atoms with Crippen LogP contribution in [0.25, 0.3) is 0 Å². The highest BCUT2D eigenvalue weighted by molar-refractivity contribution is 7.89. The largest absolute Gasteiger partial charge is 0.454 e. The molecule has 1 aliphatic heterocycles. The minimum Gasteiger partial charge on any atom is -0.454 e. The molecule has 0 saturated carbocycles. The zero-order valence-corrected chi connectivity index (χ0v) is 19.2. The minimum absolute atomic E-state index is 0.0594. The quantitative estimate of drug-likeness (QED) is 0.498. The van der Waals surface area contributed by atoms with Gasteiger partial charge in [-0.15, -0.1) is 0 Å². The zero-order chi connectivity index (χ0) is 22.8. The number of ketones is 1. The molecule has 2 aromatic rings. The maximum Gasteiger partial charge on any atom is 0.338 e. The highest BCUT2D eigenvalue weighted by Gasteiger charge is 2.32. The molecule has 0 amide bonds. The fraction of sp³-hybridized carbons (Fsp3) is 0.417. The molecule has 166 valence electrons. The highest BCUT2D eigenvalue weighted by Crippen LogP contribution is 2.27. The van der Waals surface area contributed by atoms with E-state index in [4.69, 9.17) is 4.74 Å². The van der Waals surface area contributed by atoms with E-state index >= 15 is 0 Å². The van der Waals surface area contributed by atoms with E-state index < -0.39 is 22.6 Å². The lowest BCUT2D eigenvalue weighted by Gasteiger charge is -2.34. The Morgan fingerprint density at radius 3 is 2.39 bits per heavy atom. The van der Waals surface area contributed by atoms with Gasteiger partial charge in [0.25, 0.3) is 0 Å². The number of benzene rings is 2. The second-order valence-corrected chi connectivity index (χ2v) is 10.6. The van der Waals surface area contributed by atoms with Crippen molar-refractivity contribution in [1.82, 2.24) is 4.31 Å². The van der Waals surface area contributed by atoms with Crippen molar-refractivity contribution in [3.8, 4) is 0 Å². The number of rotatable bonds is 6. The molecule has 7 heteroatoms. The molecule has 0 spiro atoms. The maximum atomic E-state index is 13.1. The lowest BCUT2D eigenvalue weighted by Crippen LogP contribution is -2.42. The maximum absolute atomic E-state index is 13.1. The Labute approximate surface area is 184 Å². The number of esters is 1. The van der Waals surface area contributed by atoms with Crippen LogP contribution in [0.3, 0.4) is 0 Å². The molecule has 2 aromatic carbocycles. The SMILES string of the molecule is Cc1ccc(C)c(C(=O)COC(=O)c2cccc(S(=O)(=O)N3CC(C)CC(C)C3)c2)c1. The van der Waals surface area contributed by atoms with Gasteiger partial charge in [0.2, 0.25) is 15.8 Å². The zero-order valence-electron chi connectivity index (χ0n) is 18.4. The van der Waals surface area contributed by atoms with Gasteiger partial charge in [-0.1, -0.05) is 37.6 Å². The molecule has 3 rings (SSSR count). The summed E-state index contributed by atoms with van der Waals surface area (Å²) in [4.78, 5) is 25.0. The fourth-order valence-electron chi connectivity index (χ4n) is 4.06. The lowest BCUT2D eigenvalue weighted by atomic mass is 9.94. The Kier molecular flexibility index (Phi) is 6.96. The molecule has 1 aliphatic rings. The number of ether oxygens (including phenoxy) is 1. The van der Waals surface area contributed by atoms with Crippen molar-refractivity contribution in [2.24, 2.45) is 11.8 Å². The Balaban J connectivity index is 1.73. The molecule has 0 N–H and O–H groups in total. The summed E-state index contributed by atoms with van der Waals surface area (Å²) < 4.78 is 32.9. The standard InChI is InChI=1S/C24H29NO5S/c1-16-8-9-19(4)22(11-16)23(26)15-30-24(27)20-6-5-7-21(12-20)31(28,29)25-13-17(2)10-18(3)14-25/h5-9,11-12,17-18H,10,13-15H2,1-4H3. The van der Waals surface area contributed by atoms with Gasteiger partial charge in [0.05, 0.1) is 10.5 Å². The van der Waals surface area contributed by atoms with Gasteiger partial charge in [-0.05, 0) is 61.9 Å². The van der Waals surface area contributed by atoms with Crippen molar-refractivity contribution >= 4 is 21.8 Å². The summed E-state index contributed by atoms with van der Waals surface area (Å²) in [6.07, 6.45) is 0.993. The van der Waals surface area contributed by atoms with Gasteiger partial charge < -0.3 is 4.74 Å². The topological polar surface area (TPSA) is 80.8 Å². The third kappa shape index (κ3) is 5.40. The van der Waals surface area contributed by atoms with E-state index in [0.29, 0.717) is 18.7 Å². The molecule has 1 saturated heterocycles. The number of hydrogen-bond donors (Lipinski definition) is 0. The molecule has 1 fully saturated rings. The van der Waals surface area contributed by atoms with Gasteiger partial charge >= 0.3 is 5.97 Å². The van der Waals surface area contributed by atoms with Crippen molar-refractivity contribution in [2.75, 3.05) is 19.7 Å². The molecule has 0 aliphatic carbocycles. The Bertz CT molecular complexity index is 1080. The number of carbonyl (C=O) groups excluding carboxylic acids is 2. The smallest absolute Gasteiger partial charge is 0.338 e. The molecular weight excluding hydrogens is 414 g/mol. The van der Waals surface area contributed by atoms with E-state index in [9.17, 15) is 18.0 Å². The predicted molar refractivity (Wildman–Crippen MR) is 119 cm³/mol. The normalized spacial score (nSPS) is 19.7. The first-order chi connectivity index (χ1) is 14.6. The van der Waals surface area contributed by atoms with Crippen molar-refractivity contribution in [3.05, 3.63) is 64.7 Å². The van der Waals surface area contributed by atoms with Crippen molar-refractivity contribution in [2.45, 2.75) is 39.0 Å². The van der Waals surface area contributed by atoms with Crippen LogP contribution in [0.4, 0.5) is 0 Å². The Morgan fingerprint density at radius 2 is 1.71 bits per heavy atom. The number of aryl methyl sites for hydroxylation is 2. The van der Waals surface area contributed by atoms with Crippen molar-refractivity contribution < 1.29 is 22.7 Å². The molecule has 6 nitrogen and oxygen atoms in total. The van der Waals surface area contributed by atoms with Gasteiger partial charge in [-0.2, -0.15) is 4.31 Å². The Morgan fingerprint density at radius 1 is 1.03 bits per heavy atom. The van der Waals surface area contributed by atoms with E-state index in [1.807, 2.05) is 39.8 Å². The third-order valence-corrected chi connectivity index (χ3v) is 7.40. The van der Waals surface area contributed by atoms with Crippen molar-refractivity contribution in [1.29, 1.82) is 0 Å². The van der Waals surface area contributed by atoms with E-state index in [1.165, 1.54) is 28.6 Å². The predicted octanol–water partition coefficient (Wildman–Crippen LogP) is 4.01. The van der Waals surface area contributed by atoms with E-state index in [1.54, 1.807) is 6.07 Å². The minimum atomic E-state index is -3.71. The number of sulfonamides is 1. The summed E-state index contributed by atoms with van der Waals surface area (Å²) in [6.45, 7) is 8.32. The van der Waals surface area contributed by atoms with Gasteiger partial charge in [-0.25, -0.2) is 13.2 Å². The van der Waals surface area contributed by atoms with Crippen LogP contribution in [0.2, 0.25) is 0 Å². The summed E-state index contributed by atoms with van der Waals surface area (Å²) in [5.41, 5.74) is 2.37. The van der Waals surface area contributed by atoms with Gasteiger partial charge in [-0.3, -0.25) is 4.79 Å². The monoisotopic (exact) mass is 443 g/mol. The molecule has 0 bridgehead atoms. The molecule has 1 heterocycles. The molecule has 0 radical (unpaired) electrons. The number of carbonyl (C=O) groups is 2. The average Bonchev–Trinajstić information content (AvgIpc) is 2.72. The molecule has 2 atom stereocenters. The number of nitrogens with zero attached hydrogens (tertiary/aromatic N) is 1. The van der Waals surface area contributed by atoms with Crippen LogP contribution in [0.1, 0.15) is 52.1 Å². The van der Waals surface area contributed by atoms with Gasteiger partial charge in [0.1, 0.15) is 0 Å². The lowest BCUT2D eigenvalue weighted by molar-refractivity contribution is 0.0474. The first-order valence-corrected chi connectivity index (χ1v) is 11.9. The van der Waals surface area contributed by atoms with Crippen LogP contribution < -0.4 is 0 Å². The number of Topliss-reactive ketones (excluding diaryl/α,β-unsaturated/α-hetero) is 1. The summed E-state index contributed by atoms with van der Waals surface area (Å²) in [7, 11) is -3.71. The van der Waals surface area contributed by atoms with Crippen LogP contribution in [-0.4, -0.2) is 44.2 Å². The first-order valence-electron chi connectivity index (χ1n) is 10.5. The van der Waals surface area contributed by atoms with E-state index in [2.05, 4.69) is 0 Å². The van der Waals surface area contributed by atoms with Crippen LogP contribution in [-0.2, 0) is 14.8 Å². The van der Waals surface area contributed by atoms with Crippen molar-refractivity contribution in [3.63, 3.8) is 0 Å². The van der Waals surface area contributed by atoms with E-state index in [0.717, 1.165) is 17.5 Å². The molecule has 0 aromatic heterocycles. The van der Waals surface area contributed by atoms with Gasteiger partial charge in [0.15, 0.2) is 6.61 Å². The van der Waals surface area contributed by atoms with E-state index in [-0.39, 0.29) is 28.1 Å². The van der Waals surface area contributed by atoms with Crippen LogP contribution >= 0.6 is 0 Å². The molecular formula is C24H29NO5S. The summed E-state index contributed by atoms with van der Waals surface area (Å²) >= 11 is 0. The second-order valence-electron chi connectivity index (χ2n) is 8.61. The molecule has 2 unspecified atom stereocenters.